The SMILES string of the molecule is CC1(C)C[C@](C)(c2ccc(O)cc2)Oc2ccccc21. The largest absolute Gasteiger partial charge is 0.508 e. The number of hydrogen-bond donors (Lipinski definition) is 1. The summed E-state index contributed by atoms with van der Waals surface area (Å²) in [5.74, 6) is 1.24. The number of rotatable bonds is 1. The zero-order chi connectivity index (χ0) is 14.4. The minimum atomic E-state index is -0.369. The summed E-state index contributed by atoms with van der Waals surface area (Å²) in [4.78, 5) is 0. The molecule has 20 heavy (non-hydrogen) atoms. The van der Waals surface area contributed by atoms with Crippen LogP contribution >= 0.6 is 0 Å². The van der Waals surface area contributed by atoms with E-state index in [1.165, 1.54) is 5.56 Å². The molecule has 1 aliphatic rings. The van der Waals surface area contributed by atoms with Crippen molar-refractivity contribution in [2.75, 3.05) is 0 Å². The van der Waals surface area contributed by atoms with Gasteiger partial charge in [0.1, 0.15) is 17.1 Å². The van der Waals surface area contributed by atoms with Crippen molar-refractivity contribution >= 4 is 0 Å². The second-order valence-electron chi connectivity index (χ2n) is 6.44. The number of fused-ring (bicyclic) bond motifs is 1. The fraction of sp³-hybridized carbons (Fsp3) is 0.333. The maximum atomic E-state index is 9.46. The van der Waals surface area contributed by atoms with E-state index in [4.69, 9.17) is 4.74 Å². The van der Waals surface area contributed by atoms with E-state index in [1.807, 2.05) is 24.3 Å². The second-order valence-corrected chi connectivity index (χ2v) is 6.44. The summed E-state index contributed by atoms with van der Waals surface area (Å²) in [5.41, 5.74) is 2.04. The fourth-order valence-corrected chi connectivity index (χ4v) is 3.31. The Labute approximate surface area is 120 Å². The predicted molar refractivity (Wildman–Crippen MR) is 80.2 cm³/mol. The van der Waals surface area contributed by atoms with Crippen LogP contribution in [-0.2, 0) is 11.0 Å². The Morgan fingerprint density at radius 2 is 1.60 bits per heavy atom. The molecule has 0 fully saturated rings. The van der Waals surface area contributed by atoms with Crippen LogP contribution in [0.25, 0.3) is 0 Å². The molecule has 3 rings (SSSR count). The van der Waals surface area contributed by atoms with Crippen molar-refractivity contribution in [2.45, 2.75) is 38.2 Å². The molecular formula is C18H20O2. The summed E-state index contributed by atoms with van der Waals surface area (Å²) in [6.07, 6.45) is 0.905. The van der Waals surface area contributed by atoms with Crippen LogP contribution in [0.3, 0.4) is 0 Å². The van der Waals surface area contributed by atoms with E-state index in [9.17, 15) is 5.11 Å². The highest BCUT2D eigenvalue weighted by molar-refractivity contribution is 5.44. The molecule has 0 saturated carbocycles. The van der Waals surface area contributed by atoms with Crippen LogP contribution < -0.4 is 4.74 Å². The highest BCUT2D eigenvalue weighted by Crippen LogP contribution is 2.48. The van der Waals surface area contributed by atoms with Gasteiger partial charge >= 0.3 is 0 Å². The molecule has 0 amide bonds. The van der Waals surface area contributed by atoms with Crippen molar-refractivity contribution in [3.05, 3.63) is 59.7 Å². The van der Waals surface area contributed by atoms with Gasteiger partial charge in [0, 0.05) is 6.42 Å². The molecule has 0 unspecified atom stereocenters. The summed E-state index contributed by atoms with van der Waals surface area (Å²) in [6.45, 7) is 6.64. The van der Waals surface area contributed by atoms with Gasteiger partial charge < -0.3 is 9.84 Å². The van der Waals surface area contributed by atoms with Crippen LogP contribution in [0, 0.1) is 0 Å². The summed E-state index contributed by atoms with van der Waals surface area (Å²) >= 11 is 0. The molecule has 0 spiro atoms. The van der Waals surface area contributed by atoms with Gasteiger partial charge in [-0.3, -0.25) is 0 Å². The highest BCUT2D eigenvalue weighted by Gasteiger charge is 2.42. The lowest BCUT2D eigenvalue weighted by molar-refractivity contribution is 0.0325. The molecule has 1 aliphatic heterocycles. The number of phenols is 1. The van der Waals surface area contributed by atoms with Crippen LogP contribution in [0.5, 0.6) is 11.5 Å². The van der Waals surface area contributed by atoms with Crippen molar-refractivity contribution in [3.8, 4) is 11.5 Å². The lowest BCUT2D eigenvalue weighted by Gasteiger charge is -2.44. The van der Waals surface area contributed by atoms with Crippen LogP contribution in [0.4, 0.5) is 0 Å². The number of hydrogen-bond acceptors (Lipinski definition) is 2. The van der Waals surface area contributed by atoms with Crippen LogP contribution in [0.15, 0.2) is 48.5 Å². The summed E-state index contributed by atoms with van der Waals surface area (Å²) in [6, 6.07) is 15.6. The molecule has 1 atom stereocenters. The standard InChI is InChI=1S/C18H20O2/c1-17(2)12-18(3,13-8-10-14(19)11-9-13)20-16-7-5-4-6-15(16)17/h4-11,19H,12H2,1-3H3/t18-/m1/s1. The summed E-state index contributed by atoms with van der Waals surface area (Å²) in [7, 11) is 0. The maximum absolute atomic E-state index is 9.46. The number of benzene rings is 2. The van der Waals surface area contributed by atoms with E-state index in [0.29, 0.717) is 0 Å². The van der Waals surface area contributed by atoms with Gasteiger partial charge in [-0.15, -0.1) is 0 Å². The third-order valence-corrected chi connectivity index (χ3v) is 4.21. The summed E-state index contributed by atoms with van der Waals surface area (Å²) in [5, 5.41) is 9.46. The highest BCUT2D eigenvalue weighted by atomic mass is 16.5. The topological polar surface area (TPSA) is 29.5 Å². The predicted octanol–water partition coefficient (Wildman–Crippen LogP) is 4.37. The molecule has 0 bridgehead atoms. The van der Waals surface area contributed by atoms with Gasteiger partial charge in [0.2, 0.25) is 0 Å². The van der Waals surface area contributed by atoms with E-state index in [2.05, 4.69) is 32.9 Å². The summed E-state index contributed by atoms with van der Waals surface area (Å²) < 4.78 is 6.30. The Bertz CT molecular complexity index is 628. The average molecular weight is 268 g/mol. The van der Waals surface area contributed by atoms with Crippen molar-refractivity contribution in [1.82, 2.24) is 0 Å². The Morgan fingerprint density at radius 3 is 2.30 bits per heavy atom. The van der Waals surface area contributed by atoms with E-state index in [-0.39, 0.29) is 16.8 Å². The number of phenolic OH excluding ortho intramolecular Hbond substituents is 1. The molecule has 2 aromatic rings. The van der Waals surface area contributed by atoms with Crippen LogP contribution in [-0.4, -0.2) is 5.11 Å². The minimum absolute atomic E-state index is 0.0570. The molecule has 2 aromatic carbocycles. The lowest BCUT2D eigenvalue weighted by atomic mass is 9.71. The van der Waals surface area contributed by atoms with Gasteiger partial charge in [0.25, 0.3) is 0 Å². The molecule has 104 valence electrons. The Balaban J connectivity index is 2.07. The quantitative estimate of drug-likeness (QED) is 0.832. The Kier molecular flexibility index (Phi) is 2.79. The van der Waals surface area contributed by atoms with Crippen molar-refractivity contribution in [1.29, 1.82) is 0 Å². The normalized spacial score (nSPS) is 23.8. The van der Waals surface area contributed by atoms with E-state index in [0.717, 1.165) is 17.7 Å². The molecule has 0 saturated heterocycles. The minimum Gasteiger partial charge on any atom is -0.508 e. The smallest absolute Gasteiger partial charge is 0.132 e. The second kappa shape index (κ2) is 4.27. The van der Waals surface area contributed by atoms with E-state index in [1.54, 1.807) is 12.1 Å². The first-order chi connectivity index (χ1) is 9.41. The van der Waals surface area contributed by atoms with Crippen molar-refractivity contribution in [3.63, 3.8) is 0 Å². The van der Waals surface area contributed by atoms with E-state index < -0.39 is 0 Å². The first-order valence-corrected chi connectivity index (χ1v) is 6.99. The van der Waals surface area contributed by atoms with Gasteiger partial charge in [-0.25, -0.2) is 0 Å². The molecule has 2 nitrogen and oxygen atoms in total. The van der Waals surface area contributed by atoms with E-state index >= 15 is 0 Å². The van der Waals surface area contributed by atoms with Gasteiger partial charge in [-0.05, 0) is 41.7 Å². The zero-order valence-corrected chi connectivity index (χ0v) is 12.2. The third-order valence-electron chi connectivity index (χ3n) is 4.21. The molecular weight excluding hydrogens is 248 g/mol. The Hall–Kier alpha value is -1.96. The van der Waals surface area contributed by atoms with Gasteiger partial charge in [-0.2, -0.15) is 0 Å². The van der Waals surface area contributed by atoms with Crippen LogP contribution in [0.1, 0.15) is 38.3 Å². The van der Waals surface area contributed by atoms with Crippen molar-refractivity contribution in [2.24, 2.45) is 0 Å². The lowest BCUT2D eigenvalue weighted by Crippen LogP contribution is -2.41. The first kappa shape index (κ1) is 13.0. The molecule has 0 aromatic heterocycles. The average Bonchev–Trinajstić information content (AvgIpc) is 2.38. The first-order valence-electron chi connectivity index (χ1n) is 6.99. The fourth-order valence-electron chi connectivity index (χ4n) is 3.31. The Morgan fingerprint density at radius 1 is 0.950 bits per heavy atom. The van der Waals surface area contributed by atoms with Crippen molar-refractivity contribution < 1.29 is 9.84 Å². The molecule has 1 N–H and O–H groups in total. The zero-order valence-electron chi connectivity index (χ0n) is 12.2. The molecule has 1 heterocycles. The van der Waals surface area contributed by atoms with Crippen LogP contribution in [0.2, 0.25) is 0 Å². The third kappa shape index (κ3) is 2.05. The number of ether oxygens (including phenoxy) is 1. The number of para-hydroxylation sites is 1. The monoisotopic (exact) mass is 268 g/mol. The number of aromatic hydroxyl groups is 1. The van der Waals surface area contributed by atoms with Gasteiger partial charge in [-0.1, -0.05) is 44.2 Å². The van der Waals surface area contributed by atoms with Gasteiger partial charge in [0.05, 0.1) is 0 Å². The molecule has 0 aliphatic carbocycles. The van der Waals surface area contributed by atoms with Gasteiger partial charge in [0.15, 0.2) is 0 Å². The maximum Gasteiger partial charge on any atom is 0.132 e. The molecule has 2 heteroatoms. The molecule has 0 radical (unpaired) electrons.